The number of nitrogens with two attached hydrogens (primary N) is 1. The maximum Gasteiger partial charge on any atom is 0.273 e. The maximum atomic E-state index is 10.8. The normalized spacial score (nSPS) is 10.5. The highest BCUT2D eigenvalue weighted by Gasteiger charge is 2.13. The number of nitrogen functional groups attached to an aromatic ring is 1. The van der Waals surface area contributed by atoms with E-state index in [0.717, 1.165) is 0 Å². The summed E-state index contributed by atoms with van der Waals surface area (Å²) >= 11 is 0. The van der Waals surface area contributed by atoms with Crippen molar-refractivity contribution in [3.8, 4) is 11.6 Å². The number of rotatable bonds is 4. The average Bonchev–Trinajstić information content (AvgIpc) is 2.96. The number of nitrogens with zero attached hydrogens (tertiary/aromatic N) is 4. The SMILES string of the molecule is NNc1nc(Oc2cccc([N+](=O)[O-])c2)c2cn[nH]c2n1. The number of non-ortho nitro benzene ring substituents is 1. The fourth-order valence-corrected chi connectivity index (χ4v) is 1.72. The fourth-order valence-electron chi connectivity index (χ4n) is 1.72. The van der Waals surface area contributed by atoms with Gasteiger partial charge in [0, 0.05) is 6.07 Å². The molecular weight excluding hydrogens is 278 g/mol. The van der Waals surface area contributed by atoms with Crippen LogP contribution in [0.1, 0.15) is 0 Å². The largest absolute Gasteiger partial charge is 0.438 e. The molecule has 10 nitrogen and oxygen atoms in total. The molecule has 0 saturated heterocycles. The molecule has 1 aromatic carbocycles. The summed E-state index contributed by atoms with van der Waals surface area (Å²) in [6, 6.07) is 5.76. The highest BCUT2D eigenvalue weighted by molar-refractivity contribution is 5.80. The van der Waals surface area contributed by atoms with Gasteiger partial charge in [0.2, 0.25) is 11.8 Å². The molecule has 0 spiro atoms. The van der Waals surface area contributed by atoms with E-state index in [1.807, 2.05) is 0 Å². The van der Waals surface area contributed by atoms with Crippen LogP contribution in [0, 0.1) is 10.1 Å². The zero-order valence-corrected chi connectivity index (χ0v) is 10.5. The molecule has 4 N–H and O–H groups in total. The van der Waals surface area contributed by atoms with Crippen molar-refractivity contribution in [2.24, 2.45) is 5.84 Å². The fraction of sp³-hybridized carbons (Fsp3) is 0. The van der Waals surface area contributed by atoms with Crippen molar-refractivity contribution in [3.63, 3.8) is 0 Å². The van der Waals surface area contributed by atoms with E-state index >= 15 is 0 Å². The van der Waals surface area contributed by atoms with Crippen LogP contribution in [0.15, 0.2) is 30.5 Å². The highest BCUT2D eigenvalue weighted by atomic mass is 16.6. The van der Waals surface area contributed by atoms with E-state index in [1.54, 1.807) is 6.07 Å². The number of ether oxygens (including phenoxy) is 1. The third-order valence-electron chi connectivity index (χ3n) is 2.65. The molecule has 0 aliphatic rings. The second-order valence-corrected chi connectivity index (χ2v) is 3.99. The Morgan fingerprint density at radius 2 is 2.24 bits per heavy atom. The monoisotopic (exact) mass is 287 g/mol. The van der Waals surface area contributed by atoms with E-state index < -0.39 is 4.92 Å². The summed E-state index contributed by atoms with van der Waals surface area (Å²) in [6.45, 7) is 0. The standard InChI is InChI=1S/C11H9N7O3/c12-16-11-14-9-8(5-13-17-9)10(15-11)21-7-3-1-2-6(4-7)18(19)20/h1-5H,12H2,(H2,13,14,15,16,17). The van der Waals surface area contributed by atoms with Crippen LogP contribution >= 0.6 is 0 Å². The van der Waals surface area contributed by atoms with Crippen molar-refractivity contribution >= 4 is 22.7 Å². The van der Waals surface area contributed by atoms with Gasteiger partial charge in [-0.15, -0.1) is 0 Å². The van der Waals surface area contributed by atoms with Gasteiger partial charge in [0.15, 0.2) is 5.65 Å². The van der Waals surface area contributed by atoms with Crippen molar-refractivity contribution in [1.29, 1.82) is 0 Å². The number of aromatic nitrogens is 4. The molecule has 0 fully saturated rings. The van der Waals surface area contributed by atoms with E-state index in [0.29, 0.717) is 11.0 Å². The average molecular weight is 287 g/mol. The van der Waals surface area contributed by atoms with Crippen molar-refractivity contribution in [3.05, 3.63) is 40.6 Å². The minimum atomic E-state index is -0.507. The first-order valence-electron chi connectivity index (χ1n) is 5.77. The molecule has 0 aliphatic heterocycles. The summed E-state index contributed by atoms with van der Waals surface area (Å²) in [5.41, 5.74) is 2.65. The van der Waals surface area contributed by atoms with E-state index in [4.69, 9.17) is 10.6 Å². The van der Waals surface area contributed by atoms with Crippen molar-refractivity contribution in [2.75, 3.05) is 5.43 Å². The van der Waals surface area contributed by atoms with Crippen LogP contribution in [0.2, 0.25) is 0 Å². The van der Waals surface area contributed by atoms with Gasteiger partial charge in [-0.25, -0.2) is 5.84 Å². The lowest BCUT2D eigenvalue weighted by molar-refractivity contribution is -0.384. The number of fused-ring (bicyclic) bond motifs is 1. The molecular formula is C11H9N7O3. The molecule has 2 aromatic heterocycles. The number of nitro groups is 1. The van der Waals surface area contributed by atoms with Crippen LogP contribution in [-0.2, 0) is 0 Å². The molecule has 106 valence electrons. The van der Waals surface area contributed by atoms with Crippen LogP contribution < -0.4 is 16.0 Å². The second-order valence-electron chi connectivity index (χ2n) is 3.99. The Hall–Kier alpha value is -3.27. The molecule has 2 heterocycles. The lowest BCUT2D eigenvalue weighted by Crippen LogP contribution is -2.10. The number of hydrogen-bond donors (Lipinski definition) is 3. The first kappa shape index (κ1) is 12.7. The molecule has 0 radical (unpaired) electrons. The first-order chi connectivity index (χ1) is 10.2. The summed E-state index contributed by atoms with van der Waals surface area (Å²) < 4.78 is 5.57. The van der Waals surface area contributed by atoms with E-state index in [1.165, 1.54) is 24.4 Å². The van der Waals surface area contributed by atoms with Crippen LogP contribution in [0.4, 0.5) is 11.6 Å². The number of anilines is 1. The Kier molecular flexibility index (Phi) is 3.04. The van der Waals surface area contributed by atoms with Gasteiger partial charge in [0.05, 0.1) is 17.2 Å². The van der Waals surface area contributed by atoms with E-state index in [-0.39, 0.29) is 23.3 Å². The molecule has 0 saturated carbocycles. The van der Waals surface area contributed by atoms with Gasteiger partial charge in [-0.3, -0.25) is 20.6 Å². The minimum absolute atomic E-state index is 0.0813. The van der Waals surface area contributed by atoms with Crippen LogP contribution in [-0.4, -0.2) is 25.1 Å². The van der Waals surface area contributed by atoms with Crippen molar-refractivity contribution < 1.29 is 9.66 Å². The van der Waals surface area contributed by atoms with Gasteiger partial charge >= 0.3 is 0 Å². The third kappa shape index (κ3) is 2.42. The van der Waals surface area contributed by atoms with Crippen molar-refractivity contribution in [1.82, 2.24) is 20.2 Å². The molecule has 0 aliphatic carbocycles. The Morgan fingerprint density at radius 1 is 1.38 bits per heavy atom. The van der Waals surface area contributed by atoms with Gasteiger partial charge < -0.3 is 4.74 Å². The molecule has 3 aromatic rings. The number of hydrazine groups is 1. The summed E-state index contributed by atoms with van der Waals surface area (Å²) in [4.78, 5) is 18.4. The smallest absolute Gasteiger partial charge is 0.273 e. The van der Waals surface area contributed by atoms with Gasteiger partial charge in [-0.05, 0) is 6.07 Å². The minimum Gasteiger partial charge on any atom is -0.438 e. The number of aromatic amines is 1. The van der Waals surface area contributed by atoms with E-state index in [9.17, 15) is 10.1 Å². The molecule has 0 bridgehead atoms. The topological polar surface area (TPSA) is 145 Å². The number of H-pyrrole nitrogens is 1. The number of hydrogen-bond acceptors (Lipinski definition) is 8. The predicted octanol–water partition coefficient (Wildman–Crippen LogP) is 1.34. The maximum absolute atomic E-state index is 10.8. The molecule has 10 heteroatoms. The van der Waals surface area contributed by atoms with Crippen LogP contribution in [0.5, 0.6) is 11.6 Å². The zero-order valence-electron chi connectivity index (χ0n) is 10.5. The molecule has 0 atom stereocenters. The lowest BCUT2D eigenvalue weighted by Gasteiger charge is -2.07. The Balaban J connectivity index is 2.03. The Bertz CT molecular complexity index is 816. The Morgan fingerprint density at radius 3 is 3.00 bits per heavy atom. The highest BCUT2D eigenvalue weighted by Crippen LogP contribution is 2.29. The van der Waals surface area contributed by atoms with Gasteiger partial charge in [0.1, 0.15) is 11.1 Å². The molecule has 0 amide bonds. The predicted molar refractivity (Wildman–Crippen MR) is 72.7 cm³/mol. The number of nitro benzene ring substituents is 1. The summed E-state index contributed by atoms with van der Waals surface area (Å²) in [7, 11) is 0. The lowest BCUT2D eigenvalue weighted by atomic mass is 10.3. The van der Waals surface area contributed by atoms with Crippen LogP contribution in [0.25, 0.3) is 11.0 Å². The quantitative estimate of drug-likeness (QED) is 0.370. The zero-order chi connectivity index (χ0) is 14.8. The molecule has 0 unspecified atom stereocenters. The third-order valence-corrected chi connectivity index (χ3v) is 2.65. The van der Waals surface area contributed by atoms with Crippen molar-refractivity contribution in [2.45, 2.75) is 0 Å². The van der Waals surface area contributed by atoms with E-state index in [2.05, 4.69) is 25.6 Å². The van der Waals surface area contributed by atoms with Gasteiger partial charge in [-0.1, -0.05) is 6.07 Å². The first-order valence-corrected chi connectivity index (χ1v) is 5.77. The van der Waals surface area contributed by atoms with Gasteiger partial charge in [-0.2, -0.15) is 15.1 Å². The van der Waals surface area contributed by atoms with Gasteiger partial charge in [0.25, 0.3) is 5.69 Å². The van der Waals surface area contributed by atoms with Crippen LogP contribution in [0.3, 0.4) is 0 Å². The number of benzene rings is 1. The number of nitrogens with one attached hydrogen (secondary N) is 2. The second kappa shape index (κ2) is 5.02. The molecule has 3 rings (SSSR count). The summed E-state index contributed by atoms with van der Waals surface area (Å²) in [5.74, 6) is 5.87. The Labute approximate surface area is 117 Å². The molecule has 21 heavy (non-hydrogen) atoms. The summed E-state index contributed by atoms with van der Waals surface area (Å²) in [5, 5.41) is 17.8. The summed E-state index contributed by atoms with van der Waals surface area (Å²) in [6.07, 6.45) is 1.49.